The molecule has 2 rings (SSSR count). The lowest BCUT2D eigenvalue weighted by atomic mass is 10.1. The standard InChI is InChI=1S/C25H33Cl2N3O6S/c1-7-16(2)28-25(32)17(3)29(14-19-20(26)9-8-10-21(19)27)24(31)15-30(37(6,33)34)22-13-18(35-4)11-12-23(22)36-5/h8-13,16-17H,7,14-15H2,1-6H3,(H,28,32)/t16-,17-/m1/s1. The molecule has 0 radical (unpaired) electrons. The predicted octanol–water partition coefficient (Wildman–Crippen LogP) is 4.11. The fourth-order valence-electron chi connectivity index (χ4n) is 3.49. The number of carbonyl (C=O) groups excluding carboxylic acids is 2. The number of nitrogens with one attached hydrogen (secondary N) is 1. The molecule has 0 bridgehead atoms. The molecule has 204 valence electrons. The van der Waals surface area contributed by atoms with E-state index < -0.39 is 34.4 Å². The van der Waals surface area contributed by atoms with Gasteiger partial charge in [-0.3, -0.25) is 13.9 Å². The summed E-state index contributed by atoms with van der Waals surface area (Å²) in [4.78, 5) is 28.0. The van der Waals surface area contributed by atoms with Gasteiger partial charge in [0.1, 0.15) is 24.1 Å². The first-order chi connectivity index (χ1) is 17.3. The van der Waals surface area contributed by atoms with Gasteiger partial charge < -0.3 is 19.7 Å². The molecule has 0 saturated carbocycles. The summed E-state index contributed by atoms with van der Waals surface area (Å²) in [6.45, 7) is 4.62. The molecule has 0 aliphatic rings. The van der Waals surface area contributed by atoms with Crippen LogP contribution in [0.15, 0.2) is 36.4 Å². The molecule has 2 amide bonds. The van der Waals surface area contributed by atoms with Gasteiger partial charge >= 0.3 is 0 Å². The number of nitrogens with zero attached hydrogens (tertiary/aromatic N) is 2. The van der Waals surface area contributed by atoms with Crippen LogP contribution in [0.2, 0.25) is 10.0 Å². The molecule has 9 nitrogen and oxygen atoms in total. The zero-order valence-electron chi connectivity index (χ0n) is 21.7. The quantitative estimate of drug-likeness (QED) is 0.409. The van der Waals surface area contributed by atoms with Crippen molar-refractivity contribution >= 4 is 50.7 Å². The molecule has 0 unspecified atom stereocenters. The molecule has 1 N–H and O–H groups in total. The highest BCUT2D eigenvalue weighted by molar-refractivity contribution is 7.92. The Labute approximate surface area is 228 Å². The van der Waals surface area contributed by atoms with Gasteiger partial charge in [-0.2, -0.15) is 0 Å². The van der Waals surface area contributed by atoms with Crippen molar-refractivity contribution in [3.05, 3.63) is 52.0 Å². The highest BCUT2D eigenvalue weighted by atomic mass is 35.5. The van der Waals surface area contributed by atoms with E-state index in [0.29, 0.717) is 27.8 Å². The van der Waals surface area contributed by atoms with E-state index >= 15 is 0 Å². The molecule has 0 spiro atoms. The van der Waals surface area contributed by atoms with Gasteiger partial charge in [-0.05, 0) is 44.5 Å². The summed E-state index contributed by atoms with van der Waals surface area (Å²) in [5, 5.41) is 3.49. The summed E-state index contributed by atoms with van der Waals surface area (Å²) in [6.07, 6.45) is 1.67. The Morgan fingerprint density at radius 1 is 1.05 bits per heavy atom. The number of ether oxygens (including phenoxy) is 2. The molecule has 37 heavy (non-hydrogen) atoms. The zero-order chi connectivity index (χ0) is 27.9. The van der Waals surface area contributed by atoms with Gasteiger partial charge in [0.25, 0.3) is 0 Å². The number of anilines is 1. The Hall–Kier alpha value is -2.69. The first-order valence-corrected chi connectivity index (χ1v) is 14.2. The monoisotopic (exact) mass is 573 g/mol. The van der Waals surface area contributed by atoms with E-state index in [-0.39, 0.29) is 24.0 Å². The number of halogens is 2. The number of sulfonamides is 1. The minimum Gasteiger partial charge on any atom is -0.497 e. The molecular weight excluding hydrogens is 541 g/mol. The molecule has 2 aromatic rings. The minimum atomic E-state index is -3.96. The van der Waals surface area contributed by atoms with Crippen LogP contribution in [0.4, 0.5) is 5.69 Å². The summed E-state index contributed by atoms with van der Waals surface area (Å²) in [6, 6.07) is 8.45. The third kappa shape index (κ3) is 7.90. The first-order valence-electron chi connectivity index (χ1n) is 11.6. The SMILES string of the molecule is CC[C@@H](C)NC(=O)[C@@H](C)N(Cc1c(Cl)cccc1Cl)C(=O)CN(c1cc(OC)ccc1OC)S(C)(=O)=O. The Morgan fingerprint density at radius 2 is 1.68 bits per heavy atom. The van der Waals surface area contributed by atoms with Crippen molar-refractivity contribution < 1.29 is 27.5 Å². The van der Waals surface area contributed by atoms with Crippen LogP contribution in [-0.4, -0.2) is 64.2 Å². The van der Waals surface area contributed by atoms with Gasteiger partial charge in [0.05, 0.1) is 26.2 Å². The number of rotatable bonds is 12. The van der Waals surface area contributed by atoms with E-state index in [4.69, 9.17) is 32.7 Å². The topological polar surface area (TPSA) is 105 Å². The fourth-order valence-corrected chi connectivity index (χ4v) is 4.85. The maximum atomic E-state index is 13.7. The summed E-state index contributed by atoms with van der Waals surface area (Å²) >= 11 is 12.7. The molecule has 0 aliphatic carbocycles. The first kappa shape index (κ1) is 30.5. The normalized spacial score (nSPS) is 12.9. The summed E-state index contributed by atoms with van der Waals surface area (Å²) in [7, 11) is -1.14. The molecule has 12 heteroatoms. The molecule has 0 saturated heterocycles. The summed E-state index contributed by atoms with van der Waals surface area (Å²) in [5.41, 5.74) is 0.553. The number of hydrogen-bond acceptors (Lipinski definition) is 6. The largest absolute Gasteiger partial charge is 0.497 e. The van der Waals surface area contributed by atoms with Crippen molar-refractivity contribution in [3.8, 4) is 11.5 Å². The summed E-state index contributed by atoms with van der Waals surface area (Å²) < 4.78 is 37.2. The highest BCUT2D eigenvalue weighted by Gasteiger charge is 2.32. The molecule has 2 aromatic carbocycles. The van der Waals surface area contributed by atoms with Crippen molar-refractivity contribution in [1.29, 1.82) is 0 Å². The van der Waals surface area contributed by atoms with E-state index in [9.17, 15) is 18.0 Å². The van der Waals surface area contributed by atoms with Crippen LogP contribution in [0.1, 0.15) is 32.8 Å². The van der Waals surface area contributed by atoms with Crippen LogP contribution in [0, 0.1) is 0 Å². The van der Waals surface area contributed by atoms with E-state index in [1.54, 1.807) is 37.3 Å². The second-order valence-corrected chi connectivity index (χ2v) is 11.2. The van der Waals surface area contributed by atoms with E-state index in [1.807, 2.05) is 13.8 Å². The van der Waals surface area contributed by atoms with Gasteiger partial charge in [-0.15, -0.1) is 0 Å². The molecular formula is C25H33Cl2N3O6S. The van der Waals surface area contributed by atoms with E-state index in [2.05, 4.69) is 5.32 Å². The lowest BCUT2D eigenvalue weighted by Gasteiger charge is -2.32. The smallest absolute Gasteiger partial charge is 0.244 e. The van der Waals surface area contributed by atoms with Crippen LogP contribution in [0.3, 0.4) is 0 Å². The van der Waals surface area contributed by atoms with Crippen molar-refractivity contribution in [2.75, 3.05) is 31.3 Å². The number of carbonyl (C=O) groups is 2. The Morgan fingerprint density at radius 3 is 2.19 bits per heavy atom. The molecule has 2 atom stereocenters. The number of hydrogen-bond donors (Lipinski definition) is 1. The third-order valence-corrected chi connectivity index (χ3v) is 7.73. The maximum Gasteiger partial charge on any atom is 0.244 e. The highest BCUT2D eigenvalue weighted by Crippen LogP contribution is 2.34. The van der Waals surface area contributed by atoms with Gasteiger partial charge in [0, 0.05) is 34.3 Å². The summed E-state index contributed by atoms with van der Waals surface area (Å²) in [5.74, 6) is -0.436. The van der Waals surface area contributed by atoms with Crippen LogP contribution >= 0.6 is 23.2 Å². The molecule has 0 heterocycles. The maximum absolute atomic E-state index is 13.7. The lowest BCUT2D eigenvalue weighted by Crippen LogP contribution is -2.52. The lowest BCUT2D eigenvalue weighted by molar-refractivity contribution is -0.139. The molecule has 0 fully saturated rings. The third-order valence-electron chi connectivity index (χ3n) is 5.89. The average molecular weight is 575 g/mol. The van der Waals surface area contributed by atoms with Crippen LogP contribution in [0.5, 0.6) is 11.5 Å². The second kappa shape index (κ2) is 13.2. The number of methoxy groups -OCH3 is 2. The van der Waals surface area contributed by atoms with E-state index in [1.165, 1.54) is 25.2 Å². The number of benzene rings is 2. The van der Waals surface area contributed by atoms with Crippen molar-refractivity contribution in [2.24, 2.45) is 0 Å². The van der Waals surface area contributed by atoms with Gasteiger partial charge in [-0.1, -0.05) is 36.2 Å². The van der Waals surface area contributed by atoms with Gasteiger partial charge in [0.15, 0.2) is 0 Å². The van der Waals surface area contributed by atoms with Crippen molar-refractivity contribution in [1.82, 2.24) is 10.2 Å². The Kier molecular flexibility index (Phi) is 10.9. The molecule has 0 aromatic heterocycles. The van der Waals surface area contributed by atoms with Crippen molar-refractivity contribution in [3.63, 3.8) is 0 Å². The zero-order valence-corrected chi connectivity index (χ0v) is 24.1. The fraction of sp³-hybridized carbons (Fsp3) is 0.440. The van der Waals surface area contributed by atoms with Crippen LogP contribution in [-0.2, 0) is 26.2 Å². The van der Waals surface area contributed by atoms with Crippen LogP contribution < -0.4 is 19.1 Å². The average Bonchev–Trinajstić information content (AvgIpc) is 2.85. The van der Waals surface area contributed by atoms with Crippen molar-refractivity contribution in [2.45, 2.75) is 45.8 Å². The van der Waals surface area contributed by atoms with Gasteiger partial charge in [0.2, 0.25) is 21.8 Å². The Balaban J connectivity index is 2.54. The minimum absolute atomic E-state index is 0.112. The number of amides is 2. The van der Waals surface area contributed by atoms with Crippen LogP contribution in [0.25, 0.3) is 0 Å². The Bertz CT molecular complexity index is 1200. The molecule has 0 aliphatic heterocycles. The van der Waals surface area contributed by atoms with Gasteiger partial charge in [-0.25, -0.2) is 8.42 Å². The second-order valence-electron chi connectivity index (χ2n) is 8.52. The predicted molar refractivity (Wildman–Crippen MR) is 146 cm³/mol. The van der Waals surface area contributed by atoms with E-state index in [0.717, 1.165) is 10.6 Å².